The molecule has 0 aliphatic heterocycles. The number of carbonyl (C=O) groups excluding carboxylic acids is 2. The number of aryl methyl sites for hydroxylation is 1. The van der Waals surface area contributed by atoms with Gasteiger partial charge >= 0.3 is 0 Å². The van der Waals surface area contributed by atoms with E-state index in [4.69, 9.17) is 24.4 Å². The molecule has 0 saturated heterocycles. The summed E-state index contributed by atoms with van der Waals surface area (Å²) >= 11 is 0. The summed E-state index contributed by atoms with van der Waals surface area (Å²) in [7, 11) is 2.88. The highest BCUT2D eigenvalue weighted by atomic mass is 16.5. The number of primary amides is 1. The van der Waals surface area contributed by atoms with E-state index in [1.807, 2.05) is 0 Å². The van der Waals surface area contributed by atoms with Crippen LogP contribution in [0.2, 0.25) is 0 Å². The third-order valence-corrected chi connectivity index (χ3v) is 3.32. The lowest BCUT2D eigenvalue weighted by molar-refractivity contribution is -0.120. The number of furan rings is 1. The van der Waals surface area contributed by atoms with E-state index in [2.05, 4.69) is 10.5 Å². The van der Waals surface area contributed by atoms with Crippen LogP contribution >= 0.6 is 0 Å². The maximum absolute atomic E-state index is 12.0. The van der Waals surface area contributed by atoms with Crippen molar-refractivity contribution in [2.75, 3.05) is 20.8 Å². The molecule has 0 unspecified atom stereocenters. The summed E-state index contributed by atoms with van der Waals surface area (Å²) < 4.78 is 20.9. The van der Waals surface area contributed by atoms with Crippen molar-refractivity contribution in [3.05, 3.63) is 41.3 Å². The molecular formula is C17H19N3O6. The fourth-order valence-corrected chi connectivity index (χ4v) is 2.11. The van der Waals surface area contributed by atoms with E-state index in [0.717, 1.165) is 0 Å². The maximum atomic E-state index is 12.0. The molecule has 0 spiro atoms. The normalized spacial score (nSPS) is 10.6. The molecule has 1 aromatic carbocycles. The van der Waals surface area contributed by atoms with Gasteiger partial charge in [0.15, 0.2) is 18.1 Å². The number of nitrogens with zero attached hydrogens (tertiary/aromatic N) is 1. The third-order valence-electron chi connectivity index (χ3n) is 3.32. The van der Waals surface area contributed by atoms with Crippen molar-refractivity contribution in [1.82, 2.24) is 5.43 Å². The first-order chi connectivity index (χ1) is 12.5. The number of rotatable bonds is 8. The highest BCUT2D eigenvalue weighted by Gasteiger charge is 2.15. The Morgan fingerprint density at radius 3 is 2.42 bits per heavy atom. The molecule has 0 radical (unpaired) electrons. The van der Waals surface area contributed by atoms with E-state index in [1.165, 1.54) is 26.7 Å². The Balaban J connectivity index is 2.17. The Hall–Kier alpha value is -3.49. The Kier molecular flexibility index (Phi) is 6.20. The van der Waals surface area contributed by atoms with E-state index in [9.17, 15) is 9.59 Å². The van der Waals surface area contributed by atoms with Gasteiger partial charge in [-0.05, 0) is 25.1 Å². The minimum atomic E-state index is -0.628. The van der Waals surface area contributed by atoms with Crippen molar-refractivity contribution in [2.24, 2.45) is 10.8 Å². The molecule has 9 heteroatoms. The summed E-state index contributed by atoms with van der Waals surface area (Å²) in [5.41, 5.74) is 8.46. The van der Waals surface area contributed by atoms with Gasteiger partial charge in [0.25, 0.3) is 11.8 Å². The molecule has 0 saturated carbocycles. The quantitative estimate of drug-likeness (QED) is 0.538. The Labute approximate surface area is 149 Å². The van der Waals surface area contributed by atoms with Crippen molar-refractivity contribution in [1.29, 1.82) is 0 Å². The zero-order valence-corrected chi connectivity index (χ0v) is 14.6. The highest BCUT2D eigenvalue weighted by molar-refractivity contribution is 5.95. The standard InChI is InChI=1S/C17H19N3O6/c1-10-12(4-5-25-10)17(22)20-19-8-11-6-13(23-2)16(14(7-11)24-3)26-9-15(18)21/h4-8H,9H2,1-3H3,(H2,18,21)(H,20,22)/b19-8-. The molecule has 2 amide bonds. The number of amides is 2. The molecule has 1 aromatic heterocycles. The van der Waals surface area contributed by atoms with Gasteiger partial charge < -0.3 is 24.4 Å². The molecule has 138 valence electrons. The zero-order chi connectivity index (χ0) is 19.1. The van der Waals surface area contributed by atoms with Gasteiger partial charge in [-0.1, -0.05) is 0 Å². The van der Waals surface area contributed by atoms with Crippen molar-refractivity contribution < 1.29 is 28.2 Å². The van der Waals surface area contributed by atoms with Gasteiger partial charge in [0.05, 0.1) is 32.3 Å². The molecule has 0 bridgehead atoms. The van der Waals surface area contributed by atoms with Crippen molar-refractivity contribution in [3.63, 3.8) is 0 Å². The van der Waals surface area contributed by atoms with Crippen molar-refractivity contribution >= 4 is 18.0 Å². The number of hydrogen-bond donors (Lipinski definition) is 2. The topological polar surface area (TPSA) is 125 Å². The van der Waals surface area contributed by atoms with E-state index in [0.29, 0.717) is 28.4 Å². The van der Waals surface area contributed by atoms with Crippen LogP contribution in [0.4, 0.5) is 0 Å². The molecule has 2 aromatic rings. The number of carbonyl (C=O) groups is 2. The fourth-order valence-electron chi connectivity index (χ4n) is 2.11. The molecule has 26 heavy (non-hydrogen) atoms. The number of ether oxygens (including phenoxy) is 3. The van der Waals surface area contributed by atoms with Crippen LogP contribution < -0.4 is 25.4 Å². The average molecular weight is 361 g/mol. The van der Waals surface area contributed by atoms with E-state index in [-0.39, 0.29) is 12.4 Å². The molecule has 3 N–H and O–H groups in total. The minimum absolute atomic E-state index is 0.240. The first-order valence-electron chi connectivity index (χ1n) is 7.51. The van der Waals surface area contributed by atoms with Gasteiger partial charge in [-0.3, -0.25) is 9.59 Å². The van der Waals surface area contributed by atoms with Crippen LogP contribution in [0.15, 0.2) is 34.0 Å². The van der Waals surface area contributed by atoms with Crippen LogP contribution in [0.25, 0.3) is 0 Å². The van der Waals surface area contributed by atoms with Gasteiger partial charge in [-0.15, -0.1) is 0 Å². The number of benzene rings is 1. The summed E-state index contributed by atoms with van der Waals surface area (Å²) in [5, 5.41) is 3.90. The van der Waals surface area contributed by atoms with Crippen LogP contribution in [-0.4, -0.2) is 38.9 Å². The Morgan fingerprint density at radius 1 is 1.27 bits per heavy atom. The monoisotopic (exact) mass is 361 g/mol. The number of hydrogen-bond acceptors (Lipinski definition) is 7. The van der Waals surface area contributed by atoms with E-state index >= 15 is 0 Å². The van der Waals surface area contributed by atoms with Gasteiger partial charge in [-0.25, -0.2) is 5.43 Å². The number of nitrogens with one attached hydrogen (secondary N) is 1. The second-order valence-corrected chi connectivity index (χ2v) is 5.10. The third kappa shape index (κ3) is 4.53. The second-order valence-electron chi connectivity index (χ2n) is 5.10. The number of hydrazone groups is 1. The zero-order valence-electron chi connectivity index (χ0n) is 14.6. The van der Waals surface area contributed by atoms with Crippen LogP contribution in [0.5, 0.6) is 17.2 Å². The van der Waals surface area contributed by atoms with E-state index in [1.54, 1.807) is 25.1 Å². The van der Waals surface area contributed by atoms with Gasteiger partial charge in [-0.2, -0.15) is 5.10 Å². The summed E-state index contributed by atoms with van der Waals surface area (Å²) in [6.45, 7) is 1.36. The molecule has 9 nitrogen and oxygen atoms in total. The lowest BCUT2D eigenvalue weighted by atomic mass is 10.2. The Bertz CT molecular complexity index is 803. The molecule has 2 rings (SSSR count). The number of methoxy groups -OCH3 is 2. The summed E-state index contributed by atoms with van der Waals surface area (Å²) in [4.78, 5) is 22.9. The lowest BCUT2D eigenvalue weighted by Crippen LogP contribution is -2.20. The fraction of sp³-hybridized carbons (Fsp3) is 0.235. The largest absolute Gasteiger partial charge is 0.493 e. The molecule has 0 fully saturated rings. The molecule has 0 aliphatic carbocycles. The smallest absolute Gasteiger partial charge is 0.274 e. The van der Waals surface area contributed by atoms with Crippen molar-refractivity contribution in [2.45, 2.75) is 6.92 Å². The molecule has 0 atom stereocenters. The minimum Gasteiger partial charge on any atom is -0.493 e. The average Bonchev–Trinajstić information content (AvgIpc) is 3.05. The van der Waals surface area contributed by atoms with Gasteiger partial charge in [0, 0.05) is 5.56 Å². The summed E-state index contributed by atoms with van der Waals surface area (Å²) in [6.07, 6.45) is 2.84. The van der Waals surface area contributed by atoms with Gasteiger partial charge in [0.1, 0.15) is 5.76 Å². The maximum Gasteiger partial charge on any atom is 0.274 e. The lowest BCUT2D eigenvalue weighted by Gasteiger charge is -2.14. The highest BCUT2D eigenvalue weighted by Crippen LogP contribution is 2.38. The SMILES string of the molecule is COc1cc(/C=N\NC(=O)c2ccoc2C)cc(OC)c1OCC(N)=O. The Morgan fingerprint density at radius 2 is 1.92 bits per heavy atom. The van der Waals surface area contributed by atoms with Crippen LogP contribution in [0.3, 0.4) is 0 Å². The predicted octanol–water partition coefficient (Wildman–Crippen LogP) is 1.23. The van der Waals surface area contributed by atoms with Crippen molar-refractivity contribution in [3.8, 4) is 17.2 Å². The molecule has 1 heterocycles. The summed E-state index contributed by atoms with van der Waals surface area (Å²) in [6, 6.07) is 4.77. The number of nitrogens with two attached hydrogens (primary N) is 1. The predicted molar refractivity (Wildman–Crippen MR) is 92.7 cm³/mol. The van der Waals surface area contributed by atoms with Crippen LogP contribution in [0.1, 0.15) is 21.7 Å². The summed E-state index contributed by atoms with van der Waals surface area (Å²) in [5.74, 6) is 0.360. The van der Waals surface area contributed by atoms with E-state index < -0.39 is 11.8 Å². The molecular weight excluding hydrogens is 342 g/mol. The first-order valence-corrected chi connectivity index (χ1v) is 7.51. The molecule has 0 aliphatic rings. The second kappa shape index (κ2) is 8.56. The van der Waals surface area contributed by atoms with Crippen LogP contribution in [-0.2, 0) is 4.79 Å². The first kappa shape index (κ1) is 18.8. The van der Waals surface area contributed by atoms with Gasteiger partial charge in [0.2, 0.25) is 5.75 Å². The van der Waals surface area contributed by atoms with Crippen LogP contribution in [0, 0.1) is 6.92 Å².